The van der Waals surface area contributed by atoms with Gasteiger partial charge in [-0.2, -0.15) is 10.2 Å². The number of nitrogens with one attached hydrogen (secondary N) is 6. The molecule has 0 bridgehead atoms. The van der Waals surface area contributed by atoms with Crippen LogP contribution in [0.15, 0.2) is 173 Å². The van der Waals surface area contributed by atoms with E-state index in [1.807, 2.05) is 79.2 Å². The molecule has 8 rings (SSSR count). The van der Waals surface area contributed by atoms with E-state index in [1.165, 1.54) is 17.7 Å². The summed E-state index contributed by atoms with van der Waals surface area (Å²) >= 11 is 0. The van der Waals surface area contributed by atoms with Crippen LogP contribution in [-0.2, 0) is 16.0 Å². The smallest absolute Gasteiger partial charge is 0.272 e. The third kappa shape index (κ3) is 13.3. The molecular weight excluding hydrogens is 856 g/mol. The highest BCUT2D eigenvalue weighted by atomic mass is 19.1. The molecule has 3 aromatic carbocycles. The summed E-state index contributed by atoms with van der Waals surface area (Å²) in [6.07, 6.45) is 23.9. The molecule has 13 heteroatoms. The summed E-state index contributed by atoms with van der Waals surface area (Å²) in [5.41, 5.74) is 16.1. The summed E-state index contributed by atoms with van der Waals surface area (Å²) in [5.74, 6) is -0.589. The average Bonchev–Trinajstić information content (AvgIpc) is 4.11. The molecule has 2 atom stereocenters. The lowest BCUT2D eigenvalue weighted by Gasteiger charge is -2.26. The Morgan fingerprint density at radius 3 is 2.34 bits per heavy atom. The number of halogens is 1. The van der Waals surface area contributed by atoms with Gasteiger partial charge in [-0.25, -0.2) is 9.82 Å². The lowest BCUT2D eigenvalue weighted by molar-refractivity contribution is -0.123. The average molecular weight is 919 g/mol. The van der Waals surface area contributed by atoms with E-state index < -0.39 is 0 Å². The van der Waals surface area contributed by atoms with E-state index >= 15 is 0 Å². The van der Waals surface area contributed by atoms with Gasteiger partial charge in [-0.1, -0.05) is 106 Å². The maximum atomic E-state index is 13.3. The molecule has 2 aliphatic heterocycles. The van der Waals surface area contributed by atoms with Crippen LogP contribution in [0, 0.1) is 11.8 Å². The zero-order valence-electron chi connectivity index (χ0n) is 39.8. The van der Waals surface area contributed by atoms with Crippen LogP contribution in [0.4, 0.5) is 4.39 Å². The number of H-pyrrole nitrogens is 2. The summed E-state index contributed by atoms with van der Waals surface area (Å²) in [6, 6.07) is 21.3. The minimum Gasteiger partial charge on any atom is -0.381 e. The van der Waals surface area contributed by atoms with E-state index in [4.69, 9.17) is 4.74 Å². The van der Waals surface area contributed by atoms with Crippen LogP contribution in [-0.4, -0.2) is 66.8 Å². The SMILES string of the molecule is C=C(CC)C1=CNC2=CC=CC(C(=O)NC)C21.CCCOCCC.CN/N=C(/Cc1ccccc1)c1c[nH]c2cccc(C=O)c12.C\C=C/C(F)=C\C=C\C1=NNC(=O)c2cccc3[nH]cc1c23. The van der Waals surface area contributed by atoms with Gasteiger partial charge in [0.25, 0.3) is 5.91 Å². The predicted octanol–water partition coefficient (Wildman–Crippen LogP) is 10.4. The number of aldehydes is 1. The number of hydrogen-bond donors (Lipinski definition) is 6. The van der Waals surface area contributed by atoms with Crippen molar-refractivity contribution in [3.63, 3.8) is 0 Å². The normalized spacial score (nSPS) is 16.1. The van der Waals surface area contributed by atoms with Crippen molar-refractivity contribution in [2.45, 2.75) is 53.4 Å². The fraction of sp³-hybridized carbons (Fsp3) is 0.255. The second kappa shape index (κ2) is 26.5. The van der Waals surface area contributed by atoms with Crippen molar-refractivity contribution < 1.29 is 23.5 Å². The molecule has 5 aromatic rings. The molecule has 12 nitrogen and oxygen atoms in total. The third-order valence-corrected chi connectivity index (χ3v) is 11.1. The molecule has 2 amide bonds. The molecule has 0 radical (unpaired) electrons. The van der Waals surface area contributed by atoms with Crippen molar-refractivity contribution in [2.24, 2.45) is 22.0 Å². The van der Waals surface area contributed by atoms with Gasteiger partial charge >= 0.3 is 0 Å². The first-order valence-corrected chi connectivity index (χ1v) is 22.9. The monoisotopic (exact) mass is 918 g/mol. The van der Waals surface area contributed by atoms with Crippen LogP contribution < -0.4 is 21.5 Å². The molecule has 354 valence electrons. The van der Waals surface area contributed by atoms with E-state index in [1.54, 1.807) is 51.5 Å². The van der Waals surface area contributed by atoms with E-state index in [2.05, 4.69) is 81.1 Å². The number of aromatic nitrogens is 2. The van der Waals surface area contributed by atoms with Crippen molar-refractivity contribution >= 4 is 51.3 Å². The Kier molecular flexibility index (Phi) is 20.0. The van der Waals surface area contributed by atoms with Crippen LogP contribution >= 0.6 is 0 Å². The Morgan fingerprint density at radius 2 is 1.66 bits per heavy atom. The van der Waals surface area contributed by atoms with Gasteiger partial charge in [0.1, 0.15) is 5.83 Å². The van der Waals surface area contributed by atoms with Crippen LogP contribution in [0.2, 0.25) is 0 Å². The Balaban J connectivity index is 0.000000179. The fourth-order valence-electron chi connectivity index (χ4n) is 7.80. The van der Waals surface area contributed by atoms with Crippen LogP contribution in [0.3, 0.4) is 0 Å². The number of nitrogens with zero attached hydrogens (tertiary/aromatic N) is 2. The van der Waals surface area contributed by atoms with Gasteiger partial charge < -0.3 is 30.8 Å². The zero-order chi connectivity index (χ0) is 48.8. The maximum Gasteiger partial charge on any atom is 0.272 e. The summed E-state index contributed by atoms with van der Waals surface area (Å²) in [4.78, 5) is 41.6. The summed E-state index contributed by atoms with van der Waals surface area (Å²) < 4.78 is 18.4. The van der Waals surface area contributed by atoms with E-state index in [0.29, 0.717) is 23.3 Å². The molecule has 3 aliphatic rings. The molecule has 68 heavy (non-hydrogen) atoms. The number of benzene rings is 3. The van der Waals surface area contributed by atoms with Gasteiger partial charge in [0.15, 0.2) is 6.29 Å². The number of aromatic amines is 2. The topological polar surface area (TPSA) is 165 Å². The molecule has 4 heterocycles. The fourth-order valence-corrected chi connectivity index (χ4v) is 7.80. The summed E-state index contributed by atoms with van der Waals surface area (Å²) in [7, 11) is 3.45. The highest BCUT2D eigenvalue weighted by molar-refractivity contribution is 6.22. The molecule has 2 aromatic heterocycles. The van der Waals surface area contributed by atoms with E-state index in [0.717, 1.165) is 94.3 Å². The Morgan fingerprint density at radius 1 is 0.941 bits per heavy atom. The third-order valence-electron chi connectivity index (χ3n) is 11.1. The second-order valence-electron chi connectivity index (χ2n) is 15.8. The number of rotatable bonds is 15. The van der Waals surface area contributed by atoms with Crippen molar-refractivity contribution in [1.29, 1.82) is 0 Å². The Bertz CT molecular complexity index is 2780. The van der Waals surface area contributed by atoms with Gasteiger partial charge in [-0.3, -0.25) is 14.4 Å². The molecule has 1 aliphatic carbocycles. The minimum absolute atomic E-state index is 0.0513. The van der Waals surface area contributed by atoms with Crippen molar-refractivity contribution in [3.8, 4) is 0 Å². The molecule has 0 saturated heterocycles. The van der Waals surface area contributed by atoms with Crippen LogP contribution in [0.5, 0.6) is 0 Å². The molecule has 0 fully saturated rings. The largest absolute Gasteiger partial charge is 0.381 e. The Labute approximate surface area is 398 Å². The first kappa shape index (κ1) is 51.3. The van der Waals surface area contributed by atoms with Gasteiger partial charge in [-0.05, 0) is 79.8 Å². The van der Waals surface area contributed by atoms with Crippen LogP contribution in [0.1, 0.15) is 84.4 Å². The van der Waals surface area contributed by atoms with Crippen molar-refractivity contribution in [2.75, 3.05) is 27.3 Å². The number of hydrazone groups is 2. The highest BCUT2D eigenvalue weighted by Crippen LogP contribution is 2.39. The van der Waals surface area contributed by atoms with Crippen molar-refractivity contribution in [3.05, 3.63) is 191 Å². The quantitative estimate of drug-likeness (QED) is 0.0201. The maximum absolute atomic E-state index is 13.3. The Hall–Kier alpha value is -7.64. The molecular formula is C55H63FN8O4. The van der Waals surface area contributed by atoms with Gasteiger partial charge in [0.05, 0.1) is 22.9 Å². The molecule has 0 saturated carbocycles. The number of fused-ring (bicyclic) bond motifs is 2. The minimum atomic E-state index is -0.350. The first-order chi connectivity index (χ1) is 33.1. The molecule has 6 N–H and O–H groups in total. The predicted molar refractivity (Wildman–Crippen MR) is 275 cm³/mol. The van der Waals surface area contributed by atoms with Crippen LogP contribution in [0.25, 0.3) is 21.8 Å². The lowest BCUT2D eigenvalue weighted by Crippen LogP contribution is -2.34. The highest BCUT2D eigenvalue weighted by Gasteiger charge is 2.36. The zero-order valence-corrected chi connectivity index (χ0v) is 39.8. The number of carbonyl (C=O) groups excluding carboxylic acids is 3. The summed E-state index contributed by atoms with van der Waals surface area (Å²) in [5, 5.41) is 16.2. The van der Waals surface area contributed by atoms with Crippen molar-refractivity contribution in [1.82, 2.24) is 31.5 Å². The number of ether oxygens (including phenoxy) is 1. The molecule has 0 spiro atoms. The molecule has 2 unspecified atom stereocenters. The summed E-state index contributed by atoms with van der Waals surface area (Å²) in [6.45, 7) is 14.0. The van der Waals surface area contributed by atoms with E-state index in [9.17, 15) is 18.8 Å². The number of hydrogen-bond acceptors (Lipinski definition) is 8. The first-order valence-electron chi connectivity index (χ1n) is 22.9. The lowest BCUT2D eigenvalue weighted by atomic mass is 9.79. The standard InChI is InChI=1S/C18H17N3O.C17H14FN3O.C14H18N2O.C6H14O/c1-19-21-17(10-13-6-3-2-4-7-13)15-11-20-16-9-5-8-14(12-22)18(15)16;1-2-5-11(18)6-3-8-14-13-10-19-15-9-4-7-12(16(13)15)17(22)21-20-14;1-4-9(2)11-8-16-12-7-5-6-10(13(11)12)14(17)15-3;1-3-5-7-6-4-2/h2-9,11-12,19-20H,10H2,1H3;2-10,19H,1H3,(H,21,22);5-8,10,13,16H,2,4H2,1,3H3,(H,15,17);3-6H2,1-2H3/b21-17-;5-2-,8-3+,11-6+;;. The number of carbonyl (C=O) groups is 3. The number of amides is 2. The number of allylic oxidation sites excluding steroid dienone is 10. The van der Waals surface area contributed by atoms with Gasteiger partial charge in [0.2, 0.25) is 5.91 Å². The second-order valence-corrected chi connectivity index (χ2v) is 15.8. The van der Waals surface area contributed by atoms with Gasteiger partial charge in [-0.15, -0.1) is 0 Å². The van der Waals surface area contributed by atoms with Gasteiger partial charge in [0, 0.05) is 102 Å². The van der Waals surface area contributed by atoms with E-state index in [-0.39, 0.29) is 29.5 Å².